The van der Waals surface area contributed by atoms with Crippen molar-refractivity contribution in [1.29, 1.82) is 0 Å². The lowest BCUT2D eigenvalue weighted by atomic mass is 10.3. The maximum absolute atomic E-state index is 13.7. The first kappa shape index (κ1) is 13.5. The van der Waals surface area contributed by atoms with Gasteiger partial charge >= 0.3 is 0 Å². The average molecular weight is 328 g/mol. The number of halogens is 2. The van der Waals surface area contributed by atoms with Gasteiger partial charge in [0.25, 0.3) is 0 Å². The van der Waals surface area contributed by atoms with E-state index in [1.165, 1.54) is 19.5 Å². The molecule has 0 fully saturated rings. The molecule has 8 heteroatoms. The summed E-state index contributed by atoms with van der Waals surface area (Å²) in [6.45, 7) is 0. The van der Waals surface area contributed by atoms with E-state index < -0.39 is 5.82 Å². The molecular weight excluding hydrogens is 317 g/mol. The molecule has 19 heavy (non-hydrogen) atoms. The fraction of sp³-hybridized carbons (Fsp3) is 0.0909. The number of rotatable bonds is 4. The van der Waals surface area contributed by atoms with Crippen molar-refractivity contribution >= 4 is 33.3 Å². The molecule has 0 atom stereocenters. The van der Waals surface area contributed by atoms with Gasteiger partial charge in [-0.15, -0.1) is 0 Å². The maximum Gasteiger partial charge on any atom is 0.205 e. The number of nitrogens with zero attached hydrogens (tertiary/aromatic N) is 2. The lowest BCUT2D eigenvalue weighted by molar-refractivity contribution is 0.415. The SMILES string of the molecule is COc1c(NN)ncnc1Nc1ccc(Br)cc1F. The van der Waals surface area contributed by atoms with Gasteiger partial charge in [-0.1, -0.05) is 15.9 Å². The van der Waals surface area contributed by atoms with Crippen molar-refractivity contribution in [3.63, 3.8) is 0 Å². The highest BCUT2D eigenvalue weighted by Crippen LogP contribution is 2.31. The number of anilines is 3. The van der Waals surface area contributed by atoms with Gasteiger partial charge in [-0.25, -0.2) is 20.2 Å². The van der Waals surface area contributed by atoms with Crippen LogP contribution in [-0.4, -0.2) is 17.1 Å². The van der Waals surface area contributed by atoms with Gasteiger partial charge in [-0.05, 0) is 18.2 Å². The summed E-state index contributed by atoms with van der Waals surface area (Å²) in [6, 6.07) is 4.63. The number of benzene rings is 1. The molecule has 2 rings (SSSR count). The Hall–Kier alpha value is -1.93. The molecular formula is C11H11BrFN5O. The first-order valence-corrected chi connectivity index (χ1v) is 6.02. The minimum absolute atomic E-state index is 0.267. The number of nitrogens with two attached hydrogens (primary N) is 1. The molecule has 2 aromatic rings. The highest BCUT2D eigenvalue weighted by Gasteiger charge is 2.13. The van der Waals surface area contributed by atoms with Crippen molar-refractivity contribution < 1.29 is 9.13 Å². The molecule has 0 aliphatic heterocycles. The number of hydrogen-bond donors (Lipinski definition) is 3. The van der Waals surface area contributed by atoms with E-state index in [4.69, 9.17) is 10.6 Å². The second-order valence-electron chi connectivity index (χ2n) is 3.50. The van der Waals surface area contributed by atoms with Crippen molar-refractivity contribution in [2.45, 2.75) is 0 Å². The van der Waals surface area contributed by atoms with E-state index in [0.717, 1.165) is 0 Å². The van der Waals surface area contributed by atoms with Crippen molar-refractivity contribution in [2.24, 2.45) is 5.84 Å². The van der Waals surface area contributed by atoms with Crippen molar-refractivity contribution in [3.8, 4) is 5.75 Å². The zero-order valence-electron chi connectivity index (χ0n) is 9.95. The Kier molecular flexibility index (Phi) is 4.13. The van der Waals surface area contributed by atoms with E-state index in [1.54, 1.807) is 12.1 Å². The minimum atomic E-state index is -0.419. The van der Waals surface area contributed by atoms with Crippen molar-refractivity contribution in [3.05, 3.63) is 34.8 Å². The summed E-state index contributed by atoms with van der Waals surface area (Å²) >= 11 is 3.19. The van der Waals surface area contributed by atoms with Gasteiger partial charge in [-0.2, -0.15) is 0 Å². The molecule has 0 spiro atoms. The molecule has 6 nitrogen and oxygen atoms in total. The van der Waals surface area contributed by atoms with Crippen LogP contribution in [0.3, 0.4) is 0 Å². The molecule has 0 saturated heterocycles. The lowest BCUT2D eigenvalue weighted by Crippen LogP contribution is -2.11. The third-order valence-electron chi connectivity index (χ3n) is 2.33. The quantitative estimate of drug-likeness (QED) is 0.590. The predicted octanol–water partition coefficient (Wildman–Crippen LogP) is 2.42. The molecule has 1 heterocycles. The van der Waals surface area contributed by atoms with Crippen LogP contribution in [0, 0.1) is 5.82 Å². The summed E-state index contributed by atoms with van der Waals surface area (Å²) in [6.07, 6.45) is 1.29. The first-order chi connectivity index (χ1) is 9.15. The highest BCUT2D eigenvalue weighted by atomic mass is 79.9. The van der Waals surface area contributed by atoms with Crippen molar-refractivity contribution in [1.82, 2.24) is 9.97 Å². The number of ether oxygens (including phenoxy) is 1. The molecule has 0 radical (unpaired) electrons. The first-order valence-electron chi connectivity index (χ1n) is 5.23. The molecule has 1 aromatic heterocycles. The van der Waals surface area contributed by atoms with Gasteiger partial charge in [0.1, 0.15) is 12.1 Å². The Balaban J connectivity index is 2.37. The monoisotopic (exact) mass is 327 g/mol. The molecule has 0 amide bonds. The van der Waals surface area contributed by atoms with Crippen LogP contribution in [-0.2, 0) is 0 Å². The fourth-order valence-electron chi connectivity index (χ4n) is 1.48. The Morgan fingerprint density at radius 1 is 1.32 bits per heavy atom. The summed E-state index contributed by atoms with van der Waals surface area (Å²) in [4.78, 5) is 7.89. The van der Waals surface area contributed by atoms with E-state index in [-0.39, 0.29) is 5.69 Å². The smallest absolute Gasteiger partial charge is 0.205 e. The Bertz CT molecular complexity index is 595. The number of hydrazine groups is 1. The molecule has 0 aliphatic carbocycles. The Labute approximate surface area is 117 Å². The second kappa shape index (κ2) is 5.81. The fourth-order valence-corrected chi connectivity index (χ4v) is 1.81. The third-order valence-corrected chi connectivity index (χ3v) is 2.82. The van der Waals surface area contributed by atoms with E-state index >= 15 is 0 Å². The summed E-state index contributed by atoms with van der Waals surface area (Å²) < 4.78 is 19.5. The topological polar surface area (TPSA) is 85.1 Å². The van der Waals surface area contributed by atoms with Crippen LogP contribution in [0.1, 0.15) is 0 Å². The van der Waals surface area contributed by atoms with Crippen LogP contribution >= 0.6 is 15.9 Å². The summed E-state index contributed by atoms with van der Waals surface area (Å²) in [5.41, 5.74) is 2.65. The summed E-state index contributed by atoms with van der Waals surface area (Å²) in [5.74, 6) is 5.80. The van der Waals surface area contributed by atoms with Crippen LogP contribution < -0.4 is 21.3 Å². The van der Waals surface area contributed by atoms with E-state index in [0.29, 0.717) is 21.9 Å². The van der Waals surface area contributed by atoms with Gasteiger partial charge in [0.15, 0.2) is 11.6 Å². The minimum Gasteiger partial charge on any atom is -0.490 e. The zero-order chi connectivity index (χ0) is 13.8. The highest BCUT2D eigenvalue weighted by molar-refractivity contribution is 9.10. The van der Waals surface area contributed by atoms with E-state index in [2.05, 4.69) is 36.6 Å². The van der Waals surface area contributed by atoms with Gasteiger partial charge in [0.05, 0.1) is 12.8 Å². The van der Waals surface area contributed by atoms with Crippen LogP contribution in [0.15, 0.2) is 29.0 Å². The van der Waals surface area contributed by atoms with E-state index in [1.807, 2.05) is 0 Å². The molecule has 100 valence electrons. The maximum atomic E-state index is 13.7. The normalized spacial score (nSPS) is 10.1. The number of aromatic nitrogens is 2. The molecule has 1 aromatic carbocycles. The molecule has 0 unspecified atom stereocenters. The van der Waals surface area contributed by atoms with Gasteiger partial charge in [0.2, 0.25) is 5.75 Å². The van der Waals surface area contributed by atoms with E-state index in [9.17, 15) is 4.39 Å². The number of nitrogen functional groups attached to an aromatic ring is 1. The zero-order valence-corrected chi connectivity index (χ0v) is 11.5. The number of hydrogen-bond acceptors (Lipinski definition) is 6. The molecule has 0 saturated carbocycles. The number of nitrogens with one attached hydrogen (secondary N) is 2. The standard InChI is InChI=1S/C11H11BrFN5O/c1-19-9-10(15-5-16-11(9)18-14)17-8-3-2-6(12)4-7(8)13/h2-5H,14H2,1H3,(H2,15,16,17,18). The molecule has 0 aliphatic rings. The van der Waals surface area contributed by atoms with Crippen molar-refractivity contribution in [2.75, 3.05) is 17.9 Å². The van der Waals surface area contributed by atoms with Gasteiger partial charge in [0, 0.05) is 4.47 Å². The molecule has 4 N–H and O–H groups in total. The van der Waals surface area contributed by atoms with Gasteiger partial charge in [-0.3, -0.25) is 0 Å². The number of methoxy groups -OCH3 is 1. The molecule has 0 bridgehead atoms. The summed E-state index contributed by atoms with van der Waals surface area (Å²) in [5, 5.41) is 2.83. The average Bonchev–Trinajstić information content (AvgIpc) is 2.41. The largest absolute Gasteiger partial charge is 0.490 e. The third kappa shape index (κ3) is 2.91. The van der Waals surface area contributed by atoms with Gasteiger partial charge < -0.3 is 15.5 Å². The Morgan fingerprint density at radius 3 is 2.68 bits per heavy atom. The van der Waals surface area contributed by atoms with Crippen LogP contribution in [0.2, 0.25) is 0 Å². The lowest BCUT2D eigenvalue weighted by Gasteiger charge is -2.13. The van der Waals surface area contributed by atoms with Crippen LogP contribution in [0.5, 0.6) is 5.75 Å². The van der Waals surface area contributed by atoms with Crippen LogP contribution in [0.4, 0.5) is 21.7 Å². The Morgan fingerprint density at radius 2 is 2.05 bits per heavy atom. The summed E-state index contributed by atoms with van der Waals surface area (Å²) in [7, 11) is 1.45. The second-order valence-corrected chi connectivity index (χ2v) is 4.41. The predicted molar refractivity (Wildman–Crippen MR) is 73.8 cm³/mol. The van der Waals surface area contributed by atoms with Crippen LogP contribution in [0.25, 0.3) is 0 Å².